The highest BCUT2D eigenvalue weighted by atomic mass is 15.1. The fourth-order valence-electron chi connectivity index (χ4n) is 2.59. The standard InChI is InChI=1S/C18H33N3/c1-5-19-16-17-10-12-18(13-11-17)21(8-4)15-9-14-20(6-2)7-3/h10-13,19H,5-9,14-16H2,1-4H3. The van der Waals surface area contributed by atoms with E-state index < -0.39 is 0 Å². The lowest BCUT2D eigenvalue weighted by Gasteiger charge is -2.25. The average molecular weight is 291 g/mol. The van der Waals surface area contributed by atoms with Gasteiger partial charge in [-0.15, -0.1) is 0 Å². The minimum atomic E-state index is 0.963. The molecule has 1 aromatic rings. The molecule has 3 heteroatoms. The van der Waals surface area contributed by atoms with Crippen molar-refractivity contribution in [3.8, 4) is 0 Å². The van der Waals surface area contributed by atoms with E-state index in [2.05, 4.69) is 67.1 Å². The molecule has 0 aromatic heterocycles. The van der Waals surface area contributed by atoms with Crippen LogP contribution >= 0.6 is 0 Å². The maximum Gasteiger partial charge on any atom is 0.0366 e. The molecule has 0 radical (unpaired) electrons. The summed E-state index contributed by atoms with van der Waals surface area (Å²) in [5.41, 5.74) is 2.71. The van der Waals surface area contributed by atoms with Gasteiger partial charge in [-0.25, -0.2) is 0 Å². The molecule has 0 aliphatic rings. The Morgan fingerprint density at radius 3 is 2.05 bits per heavy atom. The SMILES string of the molecule is CCNCc1ccc(N(CC)CCCN(CC)CC)cc1. The number of benzene rings is 1. The van der Waals surface area contributed by atoms with E-state index in [0.717, 1.165) is 39.3 Å². The van der Waals surface area contributed by atoms with E-state index >= 15 is 0 Å². The molecule has 0 bridgehead atoms. The highest BCUT2D eigenvalue weighted by molar-refractivity contribution is 5.47. The maximum atomic E-state index is 3.37. The van der Waals surface area contributed by atoms with Crippen LogP contribution in [0.15, 0.2) is 24.3 Å². The quantitative estimate of drug-likeness (QED) is 0.674. The molecule has 1 aromatic carbocycles. The van der Waals surface area contributed by atoms with E-state index in [9.17, 15) is 0 Å². The molecule has 3 nitrogen and oxygen atoms in total. The third-order valence-corrected chi connectivity index (χ3v) is 4.06. The Bertz CT molecular complexity index is 357. The van der Waals surface area contributed by atoms with Crippen LogP contribution in [0.2, 0.25) is 0 Å². The molecule has 0 amide bonds. The molecule has 1 N–H and O–H groups in total. The van der Waals surface area contributed by atoms with Crippen molar-refractivity contribution in [3.63, 3.8) is 0 Å². The van der Waals surface area contributed by atoms with E-state index in [0.29, 0.717) is 0 Å². The number of nitrogens with zero attached hydrogens (tertiary/aromatic N) is 2. The van der Waals surface area contributed by atoms with Crippen LogP contribution in [0.5, 0.6) is 0 Å². The number of nitrogens with one attached hydrogen (secondary N) is 1. The first-order valence-corrected chi connectivity index (χ1v) is 8.52. The number of hydrogen-bond acceptors (Lipinski definition) is 3. The van der Waals surface area contributed by atoms with E-state index in [1.807, 2.05) is 0 Å². The van der Waals surface area contributed by atoms with Gasteiger partial charge in [0.15, 0.2) is 0 Å². The normalized spacial score (nSPS) is 11.1. The highest BCUT2D eigenvalue weighted by Crippen LogP contribution is 2.15. The van der Waals surface area contributed by atoms with Gasteiger partial charge in [-0.05, 0) is 57.2 Å². The summed E-state index contributed by atoms with van der Waals surface area (Å²) >= 11 is 0. The lowest BCUT2D eigenvalue weighted by Crippen LogP contribution is -2.30. The summed E-state index contributed by atoms with van der Waals surface area (Å²) in [7, 11) is 0. The van der Waals surface area contributed by atoms with Gasteiger partial charge in [0.05, 0.1) is 0 Å². The third kappa shape index (κ3) is 6.49. The van der Waals surface area contributed by atoms with Gasteiger partial charge in [0.25, 0.3) is 0 Å². The van der Waals surface area contributed by atoms with Gasteiger partial charge in [0.2, 0.25) is 0 Å². The van der Waals surface area contributed by atoms with Crippen LogP contribution in [-0.4, -0.2) is 44.2 Å². The summed E-state index contributed by atoms with van der Waals surface area (Å²) in [4.78, 5) is 4.97. The zero-order valence-electron chi connectivity index (χ0n) is 14.4. The molecule has 0 aliphatic carbocycles. The summed E-state index contributed by atoms with van der Waals surface area (Å²) in [6.07, 6.45) is 1.23. The minimum absolute atomic E-state index is 0.963. The highest BCUT2D eigenvalue weighted by Gasteiger charge is 2.05. The topological polar surface area (TPSA) is 18.5 Å². The summed E-state index contributed by atoms with van der Waals surface area (Å²) in [6.45, 7) is 16.6. The fraction of sp³-hybridized carbons (Fsp3) is 0.667. The number of anilines is 1. The van der Waals surface area contributed by atoms with Crippen molar-refractivity contribution in [2.45, 2.75) is 40.7 Å². The number of rotatable bonds is 11. The van der Waals surface area contributed by atoms with Crippen molar-refractivity contribution >= 4 is 5.69 Å². The second-order valence-electron chi connectivity index (χ2n) is 5.41. The molecular formula is C18H33N3. The van der Waals surface area contributed by atoms with E-state index in [-0.39, 0.29) is 0 Å². The van der Waals surface area contributed by atoms with Gasteiger partial charge >= 0.3 is 0 Å². The molecule has 120 valence electrons. The van der Waals surface area contributed by atoms with Crippen molar-refractivity contribution in [3.05, 3.63) is 29.8 Å². The maximum absolute atomic E-state index is 3.37. The first-order valence-electron chi connectivity index (χ1n) is 8.52. The second-order valence-corrected chi connectivity index (χ2v) is 5.41. The molecule has 21 heavy (non-hydrogen) atoms. The summed E-state index contributed by atoms with van der Waals surface area (Å²) < 4.78 is 0. The van der Waals surface area contributed by atoms with Crippen molar-refractivity contribution in [2.24, 2.45) is 0 Å². The Morgan fingerprint density at radius 1 is 0.857 bits per heavy atom. The predicted molar refractivity (Wildman–Crippen MR) is 94.1 cm³/mol. The summed E-state index contributed by atoms with van der Waals surface area (Å²) in [5.74, 6) is 0. The van der Waals surface area contributed by atoms with Crippen molar-refractivity contribution in [1.29, 1.82) is 0 Å². The molecule has 0 fully saturated rings. The zero-order chi connectivity index (χ0) is 15.5. The molecule has 0 heterocycles. The molecule has 0 unspecified atom stereocenters. The van der Waals surface area contributed by atoms with Crippen LogP contribution in [0.4, 0.5) is 5.69 Å². The molecule has 0 aliphatic heterocycles. The average Bonchev–Trinajstić information content (AvgIpc) is 2.54. The lowest BCUT2D eigenvalue weighted by atomic mass is 10.2. The van der Waals surface area contributed by atoms with Gasteiger partial charge in [0.1, 0.15) is 0 Å². The van der Waals surface area contributed by atoms with E-state index in [4.69, 9.17) is 0 Å². The fourth-order valence-corrected chi connectivity index (χ4v) is 2.59. The van der Waals surface area contributed by atoms with Crippen molar-refractivity contribution < 1.29 is 0 Å². The minimum Gasteiger partial charge on any atom is -0.372 e. The van der Waals surface area contributed by atoms with Crippen LogP contribution in [0.1, 0.15) is 39.7 Å². The predicted octanol–water partition coefficient (Wildman–Crippen LogP) is 3.35. The summed E-state index contributed by atoms with van der Waals surface area (Å²) in [5, 5.41) is 3.37. The van der Waals surface area contributed by atoms with E-state index in [1.54, 1.807) is 0 Å². The third-order valence-electron chi connectivity index (χ3n) is 4.06. The largest absolute Gasteiger partial charge is 0.372 e. The van der Waals surface area contributed by atoms with Gasteiger partial charge in [0, 0.05) is 25.3 Å². The molecule has 0 spiro atoms. The van der Waals surface area contributed by atoms with E-state index in [1.165, 1.54) is 24.2 Å². The van der Waals surface area contributed by atoms with Gasteiger partial charge in [-0.3, -0.25) is 0 Å². The van der Waals surface area contributed by atoms with Crippen molar-refractivity contribution in [2.75, 3.05) is 44.2 Å². The monoisotopic (exact) mass is 291 g/mol. The van der Waals surface area contributed by atoms with Crippen LogP contribution in [0.3, 0.4) is 0 Å². The Hall–Kier alpha value is -1.06. The van der Waals surface area contributed by atoms with Gasteiger partial charge < -0.3 is 15.1 Å². The summed E-state index contributed by atoms with van der Waals surface area (Å²) in [6, 6.07) is 9.00. The molecular weight excluding hydrogens is 258 g/mol. The molecule has 1 rings (SSSR count). The molecule has 0 saturated carbocycles. The Morgan fingerprint density at radius 2 is 1.52 bits per heavy atom. The van der Waals surface area contributed by atoms with Crippen LogP contribution in [0.25, 0.3) is 0 Å². The Balaban J connectivity index is 2.47. The Kier molecular flexibility index (Phi) is 9.11. The van der Waals surface area contributed by atoms with Gasteiger partial charge in [-0.1, -0.05) is 32.9 Å². The Labute approximate surface area is 131 Å². The first kappa shape index (κ1) is 18.0. The smallest absolute Gasteiger partial charge is 0.0366 e. The van der Waals surface area contributed by atoms with Crippen LogP contribution < -0.4 is 10.2 Å². The van der Waals surface area contributed by atoms with Crippen LogP contribution in [-0.2, 0) is 6.54 Å². The lowest BCUT2D eigenvalue weighted by molar-refractivity contribution is 0.301. The molecule has 0 atom stereocenters. The molecule has 0 saturated heterocycles. The number of hydrogen-bond donors (Lipinski definition) is 1. The van der Waals surface area contributed by atoms with Crippen LogP contribution in [0, 0.1) is 0 Å². The first-order chi connectivity index (χ1) is 10.2. The zero-order valence-corrected chi connectivity index (χ0v) is 14.4. The van der Waals surface area contributed by atoms with Gasteiger partial charge in [-0.2, -0.15) is 0 Å². The van der Waals surface area contributed by atoms with Crippen molar-refractivity contribution in [1.82, 2.24) is 10.2 Å². The second kappa shape index (κ2) is 10.6.